The summed E-state index contributed by atoms with van der Waals surface area (Å²) in [5.41, 5.74) is 9.98. The number of hydrogen-bond donors (Lipinski definition) is 1. The normalized spacial score (nSPS) is 26.9. The lowest BCUT2D eigenvalue weighted by atomic mass is 9.88. The molecule has 0 heterocycles. The molecule has 76 valence electrons. The fourth-order valence-electron chi connectivity index (χ4n) is 2.61. The molecule has 2 aliphatic carbocycles. The van der Waals surface area contributed by atoms with E-state index in [9.17, 15) is 0 Å². The topological polar surface area (TPSA) is 26.0 Å². The van der Waals surface area contributed by atoms with Gasteiger partial charge < -0.3 is 5.73 Å². The van der Waals surface area contributed by atoms with Crippen LogP contribution in [0.4, 0.5) is 0 Å². The van der Waals surface area contributed by atoms with E-state index in [0.717, 1.165) is 5.70 Å². The van der Waals surface area contributed by atoms with Crippen LogP contribution in [-0.4, -0.2) is 0 Å². The van der Waals surface area contributed by atoms with Crippen molar-refractivity contribution in [3.8, 4) is 0 Å². The predicted molar refractivity (Wildman–Crippen MR) is 60.7 cm³/mol. The first kappa shape index (κ1) is 9.57. The fraction of sp³-hybridized carbons (Fsp3) is 0.538. The molecule has 0 aromatic heterocycles. The summed E-state index contributed by atoms with van der Waals surface area (Å²) >= 11 is 0. The van der Waals surface area contributed by atoms with Gasteiger partial charge in [-0.05, 0) is 44.3 Å². The van der Waals surface area contributed by atoms with Gasteiger partial charge in [0.1, 0.15) is 0 Å². The molecule has 0 amide bonds. The molecule has 0 saturated heterocycles. The van der Waals surface area contributed by atoms with E-state index in [1.165, 1.54) is 32.1 Å². The number of allylic oxidation sites excluding steroid dienone is 5. The third-order valence-electron chi connectivity index (χ3n) is 3.33. The molecule has 0 radical (unpaired) electrons. The van der Waals surface area contributed by atoms with Crippen molar-refractivity contribution in [1.29, 1.82) is 0 Å². The van der Waals surface area contributed by atoms with Gasteiger partial charge in [-0.25, -0.2) is 0 Å². The number of hydrogen-bond acceptors (Lipinski definition) is 1. The molecule has 2 bridgehead atoms. The highest BCUT2D eigenvalue weighted by molar-refractivity contribution is 5.37. The summed E-state index contributed by atoms with van der Waals surface area (Å²) in [7, 11) is 0. The monoisotopic (exact) mass is 189 g/mol. The van der Waals surface area contributed by atoms with Crippen LogP contribution in [0.5, 0.6) is 0 Å². The maximum absolute atomic E-state index is 5.90. The zero-order valence-electron chi connectivity index (χ0n) is 8.92. The minimum atomic E-state index is 0.676. The Balaban J connectivity index is 2.40. The number of nitrogens with two attached hydrogens (primary N) is 1. The van der Waals surface area contributed by atoms with Crippen LogP contribution in [0.25, 0.3) is 0 Å². The average Bonchev–Trinajstić information content (AvgIpc) is 2.45. The molecule has 0 aromatic carbocycles. The third-order valence-corrected chi connectivity index (χ3v) is 3.33. The lowest BCUT2D eigenvalue weighted by molar-refractivity contribution is 0.660. The van der Waals surface area contributed by atoms with Crippen LogP contribution in [0, 0.1) is 5.92 Å². The average molecular weight is 189 g/mol. The number of fused-ring (bicyclic) bond motifs is 2. The number of rotatable bonds is 1. The minimum absolute atomic E-state index is 0.676. The van der Waals surface area contributed by atoms with Gasteiger partial charge in [0.05, 0.1) is 0 Å². The van der Waals surface area contributed by atoms with E-state index in [2.05, 4.69) is 25.2 Å². The molecule has 1 heteroatoms. The highest BCUT2D eigenvalue weighted by atomic mass is 14.6. The molecule has 1 unspecified atom stereocenters. The van der Waals surface area contributed by atoms with E-state index in [0.29, 0.717) is 5.92 Å². The van der Waals surface area contributed by atoms with Gasteiger partial charge in [0.25, 0.3) is 0 Å². The molecule has 14 heavy (non-hydrogen) atoms. The standard InChI is InChI=1S/C13H19N/c1-2-13-10-5-3-4-6-11(13)9-12(14)8-7-10/h7-9,13H,2-6,14H2,1H3. The molecule has 1 nitrogen and oxygen atoms in total. The van der Waals surface area contributed by atoms with Crippen LogP contribution < -0.4 is 5.73 Å². The van der Waals surface area contributed by atoms with E-state index in [1.807, 2.05) is 0 Å². The fourth-order valence-corrected chi connectivity index (χ4v) is 2.61. The third kappa shape index (κ3) is 1.77. The van der Waals surface area contributed by atoms with E-state index in [1.54, 1.807) is 11.1 Å². The van der Waals surface area contributed by atoms with Gasteiger partial charge >= 0.3 is 0 Å². The van der Waals surface area contributed by atoms with Crippen LogP contribution in [0.1, 0.15) is 39.0 Å². The van der Waals surface area contributed by atoms with Crippen LogP contribution in [0.15, 0.2) is 35.1 Å². The Labute approximate surface area is 86.4 Å². The van der Waals surface area contributed by atoms with Gasteiger partial charge in [0.15, 0.2) is 0 Å². The predicted octanol–water partition coefficient (Wildman–Crippen LogP) is 3.30. The Hall–Kier alpha value is -0.980. The summed E-state index contributed by atoms with van der Waals surface area (Å²) in [5, 5.41) is 0. The van der Waals surface area contributed by atoms with Crippen LogP contribution >= 0.6 is 0 Å². The minimum Gasteiger partial charge on any atom is -0.399 e. The summed E-state index contributed by atoms with van der Waals surface area (Å²) in [6, 6.07) is 0. The summed E-state index contributed by atoms with van der Waals surface area (Å²) in [6.45, 7) is 2.28. The molecule has 1 saturated carbocycles. The van der Waals surface area contributed by atoms with E-state index < -0.39 is 0 Å². The molecular weight excluding hydrogens is 170 g/mol. The van der Waals surface area contributed by atoms with E-state index >= 15 is 0 Å². The van der Waals surface area contributed by atoms with Crippen molar-refractivity contribution in [2.24, 2.45) is 11.7 Å². The molecule has 1 fully saturated rings. The Morgan fingerprint density at radius 2 is 1.93 bits per heavy atom. The van der Waals surface area contributed by atoms with E-state index in [4.69, 9.17) is 5.73 Å². The van der Waals surface area contributed by atoms with E-state index in [-0.39, 0.29) is 0 Å². The second kappa shape index (κ2) is 4.04. The largest absolute Gasteiger partial charge is 0.399 e. The Kier molecular flexibility index (Phi) is 2.76. The first-order valence-electron chi connectivity index (χ1n) is 5.68. The van der Waals surface area contributed by atoms with Crippen molar-refractivity contribution in [2.45, 2.75) is 39.0 Å². The summed E-state index contributed by atoms with van der Waals surface area (Å²) in [5.74, 6) is 0.676. The molecule has 1 atom stereocenters. The van der Waals surface area contributed by atoms with Crippen LogP contribution in [0.2, 0.25) is 0 Å². The van der Waals surface area contributed by atoms with Gasteiger partial charge in [-0.15, -0.1) is 0 Å². The molecular formula is C13H19N. The lowest BCUT2D eigenvalue weighted by Crippen LogP contribution is -2.04. The second-order valence-corrected chi connectivity index (χ2v) is 4.30. The smallest absolute Gasteiger partial charge is 0.0313 e. The maximum atomic E-state index is 5.90. The summed E-state index contributed by atoms with van der Waals surface area (Å²) < 4.78 is 0. The first-order valence-corrected chi connectivity index (χ1v) is 5.68. The van der Waals surface area contributed by atoms with Gasteiger partial charge in [-0.3, -0.25) is 0 Å². The SMILES string of the molecule is CCC1C2=CC=C(N)C=C1CCCC2. The van der Waals surface area contributed by atoms with Gasteiger partial charge in [0.2, 0.25) is 0 Å². The Morgan fingerprint density at radius 3 is 2.64 bits per heavy atom. The molecule has 0 aliphatic heterocycles. The molecule has 0 spiro atoms. The van der Waals surface area contributed by atoms with Gasteiger partial charge in [-0.2, -0.15) is 0 Å². The first-order chi connectivity index (χ1) is 6.81. The zero-order valence-corrected chi connectivity index (χ0v) is 8.92. The lowest BCUT2D eigenvalue weighted by Gasteiger charge is -2.17. The highest BCUT2D eigenvalue weighted by Crippen LogP contribution is 2.36. The Bertz CT molecular complexity index is 307. The van der Waals surface area contributed by atoms with Crippen LogP contribution in [-0.2, 0) is 0 Å². The van der Waals surface area contributed by atoms with Crippen molar-refractivity contribution >= 4 is 0 Å². The van der Waals surface area contributed by atoms with Gasteiger partial charge in [-0.1, -0.05) is 24.1 Å². The van der Waals surface area contributed by atoms with Gasteiger partial charge in [0, 0.05) is 11.6 Å². The van der Waals surface area contributed by atoms with Crippen molar-refractivity contribution in [3.05, 3.63) is 35.1 Å². The van der Waals surface area contributed by atoms with Crippen molar-refractivity contribution < 1.29 is 0 Å². The van der Waals surface area contributed by atoms with Crippen molar-refractivity contribution in [3.63, 3.8) is 0 Å². The summed E-state index contributed by atoms with van der Waals surface area (Å²) in [4.78, 5) is 0. The maximum Gasteiger partial charge on any atom is 0.0313 e. The second-order valence-electron chi connectivity index (χ2n) is 4.30. The van der Waals surface area contributed by atoms with Crippen LogP contribution in [0.3, 0.4) is 0 Å². The molecule has 2 N–H and O–H groups in total. The molecule has 2 rings (SSSR count). The Morgan fingerprint density at radius 1 is 1.21 bits per heavy atom. The molecule has 2 aliphatic rings. The quantitative estimate of drug-likeness (QED) is 0.673. The highest BCUT2D eigenvalue weighted by Gasteiger charge is 2.21. The van der Waals surface area contributed by atoms with Crippen molar-refractivity contribution in [1.82, 2.24) is 0 Å². The summed E-state index contributed by atoms with van der Waals surface area (Å²) in [6.07, 6.45) is 12.9. The molecule has 0 aromatic rings. The zero-order chi connectivity index (χ0) is 9.97. The van der Waals surface area contributed by atoms with Crippen molar-refractivity contribution in [2.75, 3.05) is 0 Å².